The van der Waals surface area contributed by atoms with Gasteiger partial charge in [0.05, 0.1) is 19.5 Å². The quantitative estimate of drug-likeness (QED) is 0.393. The highest BCUT2D eigenvalue weighted by Gasteiger charge is 2.28. The first kappa shape index (κ1) is 23.3. The minimum atomic E-state index is -3.26. The van der Waals surface area contributed by atoms with Gasteiger partial charge in [-0.15, -0.1) is 0 Å². The number of anilines is 3. The molecule has 2 aliphatic rings. The third-order valence-electron chi connectivity index (χ3n) is 5.63. The van der Waals surface area contributed by atoms with E-state index < -0.39 is 16.2 Å². The van der Waals surface area contributed by atoms with Gasteiger partial charge in [-0.3, -0.25) is 9.69 Å². The molecule has 13 heteroatoms. The second-order valence-electron chi connectivity index (χ2n) is 7.93. The Morgan fingerprint density at radius 3 is 2.30 bits per heavy atom. The van der Waals surface area contributed by atoms with Crippen molar-refractivity contribution in [1.82, 2.24) is 24.2 Å². The van der Waals surface area contributed by atoms with Gasteiger partial charge in [0, 0.05) is 50.5 Å². The summed E-state index contributed by atoms with van der Waals surface area (Å²) in [4.78, 5) is 29.5. The average Bonchev–Trinajstić information content (AvgIpc) is 2.83. The van der Waals surface area contributed by atoms with Gasteiger partial charge >= 0.3 is 0 Å². The summed E-state index contributed by atoms with van der Waals surface area (Å²) in [7, 11) is -3.26. The predicted octanol–water partition coefficient (Wildman–Crippen LogP) is -0.528. The molecule has 2 fully saturated rings. The number of nitrogens with one attached hydrogen (secondary N) is 1. The molecule has 1 atom stereocenters. The number of aldehydes is 1. The largest absolute Gasteiger partial charge is 0.399 e. The van der Waals surface area contributed by atoms with Crippen molar-refractivity contribution in [2.75, 3.05) is 74.7 Å². The van der Waals surface area contributed by atoms with Gasteiger partial charge in [0.2, 0.25) is 21.9 Å². The summed E-state index contributed by atoms with van der Waals surface area (Å²) < 4.78 is 30.4. The van der Waals surface area contributed by atoms with E-state index in [2.05, 4.69) is 20.3 Å². The van der Waals surface area contributed by atoms with Gasteiger partial charge < -0.3 is 20.7 Å². The number of sulfonamides is 1. The second kappa shape index (κ2) is 9.95. The van der Waals surface area contributed by atoms with Crippen molar-refractivity contribution in [2.45, 2.75) is 6.17 Å². The van der Waals surface area contributed by atoms with Crippen LogP contribution in [0.4, 0.5) is 17.6 Å². The third-order valence-corrected chi connectivity index (χ3v) is 6.93. The molecule has 12 nitrogen and oxygen atoms in total. The molecule has 0 bridgehead atoms. The predicted molar refractivity (Wildman–Crippen MR) is 124 cm³/mol. The van der Waals surface area contributed by atoms with Crippen LogP contribution in [0.15, 0.2) is 24.3 Å². The van der Waals surface area contributed by atoms with Crippen LogP contribution in [0.5, 0.6) is 0 Å². The first-order chi connectivity index (χ1) is 15.8. The molecular formula is C20H28N8O4S. The Kier molecular flexibility index (Phi) is 7.02. The lowest BCUT2D eigenvalue weighted by atomic mass is 10.2. The zero-order valence-corrected chi connectivity index (χ0v) is 19.2. The smallest absolute Gasteiger partial charge is 0.230 e. The van der Waals surface area contributed by atoms with Gasteiger partial charge in [0.25, 0.3) is 0 Å². The molecule has 2 aromatic rings. The van der Waals surface area contributed by atoms with E-state index in [-0.39, 0.29) is 5.95 Å². The molecule has 3 N–H and O–H groups in total. The van der Waals surface area contributed by atoms with Crippen LogP contribution in [0.3, 0.4) is 0 Å². The Morgan fingerprint density at radius 2 is 1.70 bits per heavy atom. The minimum absolute atomic E-state index is 0.265. The minimum Gasteiger partial charge on any atom is -0.399 e. The van der Waals surface area contributed by atoms with Gasteiger partial charge in [-0.2, -0.15) is 19.3 Å². The third kappa shape index (κ3) is 5.74. The zero-order chi connectivity index (χ0) is 23.4. The van der Waals surface area contributed by atoms with Gasteiger partial charge in [-0.25, -0.2) is 8.42 Å². The number of nitrogens with two attached hydrogens (primary N) is 1. The number of ether oxygens (including phenoxy) is 1. The normalized spacial score (nSPS) is 19.2. The molecule has 2 aliphatic heterocycles. The fourth-order valence-electron chi connectivity index (χ4n) is 3.75. The Hall–Kier alpha value is -2.87. The molecule has 4 rings (SSSR count). The van der Waals surface area contributed by atoms with E-state index in [0.29, 0.717) is 69.9 Å². The first-order valence-electron chi connectivity index (χ1n) is 10.7. The number of hydrogen-bond donors (Lipinski definition) is 2. The van der Waals surface area contributed by atoms with Crippen LogP contribution in [0.2, 0.25) is 0 Å². The Morgan fingerprint density at radius 1 is 1.03 bits per heavy atom. The van der Waals surface area contributed by atoms with Gasteiger partial charge in [0.15, 0.2) is 12.1 Å². The molecular weight excluding hydrogens is 448 g/mol. The molecule has 0 radical (unpaired) electrons. The van der Waals surface area contributed by atoms with Crippen LogP contribution in [0.1, 0.15) is 0 Å². The van der Waals surface area contributed by atoms with Gasteiger partial charge in [-0.1, -0.05) is 0 Å². The molecule has 1 aromatic carbocycles. The van der Waals surface area contributed by atoms with Crippen LogP contribution in [0.25, 0.3) is 11.4 Å². The molecule has 1 aromatic heterocycles. The SMILES string of the molecule is CS(=O)(=O)N1CCN(C(C=O)Nc2nc(-c3ccc(N)cc3)nc(N3CCOCC3)n2)CC1. The summed E-state index contributed by atoms with van der Waals surface area (Å²) >= 11 is 0. The maximum atomic E-state index is 11.9. The zero-order valence-electron chi connectivity index (χ0n) is 18.4. The van der Waals surface area contributed by atoms with Crippen LogP contribution < -0.4 is 16.0 Å². The van der Waals surface area contributed by atoms with Crippen LogP contribution in [0, 0.1) is 0 Å². The molecule has 2 saturated heterocycles. The number of benzene rings is 1. The highest BCUT2D eigenvalue weighted by atomic mass is 32.2. The van der Waals surface area contributed by atoms with Crippen LogP contribution in [-0.4, -0.2) is 104 Å². The number of carbonyl (C=O) groups excluding carboxylic acids is 1. The molecule has 3 heterocycles. The highest BCUT2D eigenvalue weighted by Crippen LogP contribution is 2.22. The fraction of sp³-hybridized carbons (Fsp3) is 0.500. The standard InChI is InChI=1S/C20H28N8O4S/c1-33(30,31)28-8-6-26(7-9-28)17(14-29)22-19-23-18(15-2-4-16(21)5-3-15)24-20(25-19)27-10-12-32-13-11-27/h2-5,14,17H,6-13,21H2,1H3,(H,22,23,24,25). The lowest BCUT2D eigenvalue weighted by Crippen LogP contribution is -2.54. The van der Waals surface area contributed by atoms with E-state index in [1.54, 1.807) is 12.1 Å². The number of nitrogens with zero attached hydrogens (tertiary/aromatic N) is 6. The topological polar surface area (TPSA) is 147 Å². The summed E-state index contributed by atoms with van der Waals surface area (Å²) in [5.41, 5.74) is 7.22. The number of piperazine rings is 1. The van der Waals surface area contributed by atoms with E-state index in [9.17, 15) is 13.2 Å². The summed E-state index contributed by atoms with van der Waals surface area (Å²) in [6.07, 6.45) is 1.26. The maximum absolute atomic E-state index is 11.9. The molecule has 0 amide bonds. The van der Waals surface area contributed by atoms with E-state index in [0.717, 1.165) is 11.8 Å². The number of carbonyl (C=O) groups is 1. The molecule has 0 saturated carbocycles. The second-order valence-corrected chi connectivity index (χ2v) is 9.91. The van der Waals surface area contributed by atoms with Crippen molar-refractivity contribution in [1.29, 1.82) is 0 Å². The van der Waals surface area contributed by atoms with E-state index >= 15 is 0 Å². The molecule has 1 unspecified atom stereocenters. The first-order valence-corrected chi connectivity index (χ1v) is 12.5. The number of aromatic nitrogens is 3. The number of morpholine rings is 1. The molecule has 178 valence electrons. The monoisotopic (exact) mass is 476 g/mol. The van der Waals surface area contributed by atoms with Gasteiger partial charge in [0.1, 0.15) is 6.17 Å². The van der Waals surface area contributed by atoms with Crippen LogP contribution >= 0.6 is 0 Å². The summed E-state index contributed by atoms with van der Waals surface area (Å²) in [6.45, 7) is 3.91. The Bertz CT molecular complexity index is 1070. The summed E-state index contributed by atoms with van der Waals surface area (Å²) in [5, 5.41) is 3.10. The average molecular weight is 477 g/mol. The van der Waals surface area contributed by atoms with E-state index in [4.69, 9.17) is 10.5 Å². The van der Waals surface area contributed by atoms with Crippen molar-refractivity contribution in [3.05, 3.63) is 24.3 Å². The molecule has 0 spiro atoms. The Balaban J connectivity index is 1.58. The number of hydrogen-bond acceptors (Lipinski definition) is 11. The molecule has 0 aliphatic carbocycles. The number of rotatable bonds is 7. The van der Waals surface area contributed by atoms with Crippen molar-refractivity contribution in [3.8, 4) is 11.4 Å². The number of nitrogen functional groups attached to an aromatic ring is 1. The molecule has 33 heavy (non-hydrogen) atoms. The maximum Gasteiger partial charge on any atom is 0.230 e. The Labute approximate surface area is 192 Å². The van der Waals surface area contributed by atoms with E-state index in [1.807, 2.05) is 21.9 Å². The summed E-state index contributed by atoms with van der Waals surface area (Å²) in [5.74, 6) is 1.22. The summed E-state index contributed by atoms with van der Waals surface area (Å²) in [6, 6.07) is 7.21. The fourth-order valence-corrected chi connectivity index (χ4v) is 4.58. The lowest BCUT2D eigenvalue weighted by molar-refractivity contribution is -0.112. The van der Waals surface area contributed by atoms with Crippen molar-refractivity contribution in [2.24, 2.45) is 0 Å². The van der Waals surface area contributed by atoms with E-state index in [1.165, 1.54) is 10.6 Å². The van der Waals surface area contributed by atoms with Crippen LogP contribution in [-0.2, 0) is 19.6 Å². The highest BCUT2D eigenvalue weighted by molar-refractivity contribution is 7.88. The van der Waals surface area contributed by atoms with Gasteiger partial charge in [-0.05, 0) is 24.3 Å². The van der Waals surface area contributed by atoms with Crippen molar-refractivity contribution in [3.63, 3.8) is 0 Å². The van der Waals surface area contributed by atoms with Crippen molar-refractivity contribution >= 4 is 33.9 Å². The lowest BCUT2D eigenvalue weighted by Gasteiger charge is -2.36. The van der Waals surface area contributed by atoms with Crippen molar-refractivity contribution < 1.29 is 17.9 Å².